The Bertz CT molecular complexity index is 1290. The number of hydrogen-bond donors (Lipinski definition) is 5. The third-order valence-corrected chi connectivity index (χ3v) is 9.14. The minimum Gasteiger partial charge on any atom is -0.392 e. The summed E-state index contributed by atoms with van der Waals surface area (Å²) in [6, 6.07) is 10.1. The lowest BCUT2D eigenvalue weighted by Gasteiger charge is -2.36. The number of hydrogen-bond acceptors (Lipinski definition) is 6. The summed E-state index contributed by atoms with van der Waals surface area (Å²) in [6.07, 6.45) is 0.00608. The van der Waals surface area contributed by atoms with Crippen LogP contribution in [0, 0.1) is 17.6 Å². The summed E-state index contributed by atoms with van der Waals surface area (Å²) in [5, 5.41) is 30.3. The van der Waals surface area contributed by atoms with E-state index in [0.29, 0.717) is 19.3 Å². The minimum absolute atomic E-state index is 0.0854. The number of β-amino-alcohol motifs (C(OH)–C–C–N with tert-alkyl or cyclic N) is 1. The second-order valence-electron chi connectivity index (χ2n) is 12.2. The molecule has 9 nitrogen and oxygen atoms in total. The predicted molar refractivity (Wildman–Crippen MR) is 161 cm³/mol. The van der Waals surface area contributed by atoms with Crippen molar-refractivity contribution in [3.05, 3.63) is 71.3 Å². The molecule has 2 aromatic rings. The molecule has 2 aromatic carbocycles. The highest BCUT2D eigenvalue weighted by atomic mass is 19.1. The molecular formula is C33H44F2N4O5. The summed E-state index contributed by atoms with van der Waals surface area (Å²) in [5.74, 6) is -2.92. The Hall–Kier alpha value is -3.41. The number of aliphatic hydroxyl groups is 2. The average Bonchev–Trinajstić information content (AvgIpc) is 3.55. The molecule has 0 saturated carbocycles. The van der Waals surface area contributed by atoms with Gasteiger partial charge in [-0.3, -0.25) is 14.4 Å². The van der Waals surface area contributed by atoms with Crippen LogP contribution in [0.2, 0.25) is 0 Å². The molecule has 2 heterocycles. The third kappa shape index (κ3) is 7.80. The maximum atomic E-state index is 14.2. The first-order valence-corrected chi connectivity index (χ1v) is 15.4. The molecule has 0 unspecified atom stereocenters. The van der Waals surface area contributed by atoms with Gasteiger partial charge in [0.15, 0.2) is 0 Å². The van der Waals surface area contributed by atoms with Crippen LogP contribution in [-0.4, -0.2) is 81.8 Å². The molecule has 7 atom stereocenters. The highest BCUT2D eigenvalue weighted by Gasteiger charge is 2.53. The van der Waals surface area contributed by atoms with Crippen LogP contribution in [0.3, 0.4) is 0 Å². The molecule has 2 saturated heterocycles. The van der Waals surface area contributed by atoms with Crippen molar-refractivity contribution in [1.82, 2.24) is 20.9 Å². The van der Waals surface area contributed by atoms with Crippen LogP contribution >= 0.6 is 0 Å². The lowest BCUT2D eigenvalue weighted by Crippen LogP contribution is -2.61. The fourth-order valence-corrected chi connectivity index (χ4v) is 6.60. The molecule has 240 valence electrons. The molecule has 0 bridgehead atoms. The van der Waals surface area contributed by atoms with Crippen molar-refractivity contribution in [2.45, 2.75) is 95.2 Å². The standard InChI is InChI=1S/C33H44F2N4O5/c1-4-20(2)33(38-21(3)40)12-13-39(32(33)44)29(11-10-22-8-6-5-7-9-22)31(43)37-28(30(42)27-18-26(41)19-36-27)16-23-14-24(34)17-25(35)15-23/h5-9,14-15,17,20,26-30,36,41-42H,4,10-13,16,18-19H2,1-3H3,(H,37,43)(H,38,40)/t20-,26-,27-,28+,29+,30+,33+/m1/s1. The first kappa shape index (κ1) is 33.5. The quantitative estimate of drug-likeness (QED) is 0.235. The number of amides is 3. The van der Waals surface area contributed by atoms with Crippen LogP contribution < -0.4 is 16.0 Å². The number of aliphatic hydroxyl groups excluding tert-OH is 2. The Labute approximate surface area is 257 Å². The van der Waals surface area contributed by atoms with E-state index in [1.165, 1.54) is 11.8 Å². The molecule has 0 aliphatic carbocycles. The van der Waals surface area contributed by atoms with E-state index >= 15 is 0 Å². The number of nitrogens with zero attached hydrogens (tertiary/aromatic N) is 1. The van der Waals surface area contributed by atoms with E-state index in [-0.39, 0.29) is 55.6 Å². The number of halogens is 2. The van der Waals surface area contributed by atoms with Crippen molar-refractivity contribution >= 4 is 17.7 Å². The van der Waals surface area contributed by atoms with E-state index in [0.717, 1.165) is 23.8 Å². The summed E-state index contributed by atoms with van der Waals surface area (Å²) >= 11 is 0. The van der Waals surface area contributed by atoms with Crippen LogP contribution in [0.15, 0.2) is 48.5 Å². The Balaban J connectivity index is 1.64. The number of carbonyl (C=O) groups excluding carboxylic acids is 3. The fraction of sp³-hybridized carbons (Fsp3) is 0.545. The van der Waals surface area contributed by atoms with Gasteiger partial charge in [0.25, 0.3) is 0 Å². The van der Waals surface area contributed by atoms with Gasteiger partial charge in [0, 0.05) is 32.1 Å². The van der Waals surface area contributed by atoms with Gasteiger partial charge in [-0.2, -0.15) is 0 Å². The van der Waals surface area contributed by atoms with Crippen molar-refractivity contribution in [1.29, 1.82) is 0 Å². The number of likely N-dealkylation sites (tertiary alicyclic amines) is 1. The molecule has 44 heavy (non-hydrogen) atoms. The number of benzene rings is 2. The topological polar surface area (TPSA) is 131 Å². The second kappa shape index (κ2) is 14.6. The Kier molecular flexibility index (Phi) is 11.1. The number of carbonyl (C=O) groups is 3. The maximum absolute atomic E-state index is 14.2. The van der Waals surface area contributed by atoms with E-state index in [4.69, 9.17) is 0 Å². The maximum Gasteiger partial charge on any atom is 0.249 e. The van der Waals surface area contributed by atoms with E-state index in [1.54, 1.807) is 0 Å². The van der Waals surface area contributed by atoms with Crippen LogP contribution in [0.5, 0.6) is 0 Å². The molecule has 4 rings (SSSR count). The summed E-state index contributed by atoms with van der Waals surface area (Å²) in [5.41, 5.74) is 0.0706. The lowest BCUT2D eigenvalue weighted by atomic mass is 9.81. The molecule has 0 spiro atoms. The van der Waals surface area contributed by atoms with Crippen molar-refractivity contribution in [2.75, 3.05) is 13.1 Å². The van der Waals surface area contributed by atoms with E-state index in [1.807, 2.05) is 44.2 Å². The lowest BCUT2D eigenvalue weighted by molar-refractivity contribution is -0.144. The minimum atomic E-state index is -1.20. The average molecular weight is 615 g/mol. The zero-order valence-corrected chi connectivity index (χ0v) is 25.6. The van der Waals surface area contributed by atoms with Crippen molar-refractivity contribution in [3.63, 3.8) is 0 Å². The van der Waals surface area contributed by atoms with Crippen molar-refractivity contribution < 1.29 is 33.4 Å². The number of nitrogens with one attached hydrogen (secondary N) is 3. The van der Waals surface area contributed by atoms with Crippen LogP contribution in [0.25, 0.3) is 0 Å². The van der Waals surface area contributed by atoms with Gasteiger partial charge in [0.05, 0.1) is 18.2 Å². The van der Waals surface area contributed by atoms with Gasteiger partial charge in [-0.15, -0.1) is 0 Å². The first-order valence-electron chi connectivity index (χ1n) is 15.4. The Morgan fingerprint density at radius 1 is 1.14 bits per heavy atom. The zero-order chi connectivity index (χ0) is 32.0. The highest BCUT2D eigenvalue weighted by molar-refractivity contribution is 5.96. The molecular weight excluding hydrogens is 570 g/mol. The first-order chi connectivity index (χ1) is 20.9. The zero-order valence-electron chi connectivity index (χ0n) is 25.6. The second-order valence-corrected chi connectivity index (χ2v) is 12.2. The van der Waals surface area contributed by atoms with E-state index in [2.05, 4.69) is 16.0 Å². The van der Waals surface area contributed by atoms with Gasteiger partial charge in [0.1, 0.15) is 23.2 Å². The molecule has 0 radical (unpaired) electrons. The number of aryl methyl sites for hydroxylation is 1. The van der Waals surface area contributed by atoms with Gasteiger partial charge in [-0.05, 0) is 61.3 Å². The highest BCUT2D eigenvalue weighted by Crippen LogP contribution is 2.34. The van der Waals surface area contributed by atoms with E-state index < -0.39 is 53.4 Å². The van der Waals surface area contributed by atoms with Gasteiger partial charge in [-0.1, -0.05) is 50.6 Å². The van der Waals surface area contributed by atoms with Crippen LogP contribution in [0.1, 0.15) is 57.6 Å². The molecule has 2 aliphatic heterocycles. The van der Waals surface area contributed by atoms with Gasteiger partial charge in [-0.25, -0.2) is 8.78 Å². The van der Waals surface area contributed by atoms with Crippen molar-refractivity contribution in [2.24, 2.45) is 5.92 Å². The Morgan fingerprint density at radius 3 is 2.41 bits per heavy atom. The predicted octanol–water partition coefficient (Wildman–Crippen LogP) is 2.23. The summed E-state index contributed by atoms with van der Waals surface area (Å²) in [6.45, 7) is 5.73. The molecule has 2 fully saturated rings. The molecule has 0 aromatic heterocycles. The van der Waals surface area contributed by atoms with Crippen LogP contribution in [0.4, 0.5) is 8.78 Å². The molecule has 3 amide bonds. The molecule has 5 N–H and O–H groups in total. The van der Waals surface area contributed by atoms with Gasteiger partial charge in [0.2, 0.25) is 17.7 Å². The SMILES string of the molecule is CC[C@@H](C)[C@@]1(NC(C)=O)CCN([C@@H](CCc2ccccc2)C(=O)N[C@@H](Cc2cc(F)cc(F)c2)[C@@H](O)[C@H]2C[C@@H](O)CN2)C1=O. The largest absolute Gasteiger partial charge is 0.392 e. The smallest absolute Gasteiger partial charge is 0.249 e. The molecule has 2 aliphatic rings. The van der Waals surface area contributed by atoms with Gasteiger partial charge >= 0.3 is 0 Å². The summed E-state index contributed by atoms with van der Waals surface area (Å²) < 4.78 is 28.2. The fourth-order valence-electron chi connectivity index (χ4n) is 6.60. The molecule has 11 heteroatoms. The third-order valence-electron chi connectivity index (χ3n) is 9.14. The van der Waals surface area contributed by atoms with Gasteiger partial charge < -0.3 is 31.1 Å². The normalized spacial score (nSPS) is 24.5. The summed E-state index contributed by atoms with van der Waals surface area (Å²) in [7, 11) is 0. The summed E-state index contributed by atoms with van der Waals surface area (Å²) in [4.78, 5) is 42.0. The Morgan fingerprint density at radius 2 is 1.82 bits per heavy atom. The van der Waals surface area contributed by atoms with E-state index in [9.17, 15) is 33.4 Å². The van der Waals surface area contributed by atoms with Crippen molar-refractivity contribution in [3.8, 4) is 0 Å². The number of rotatable bonds is 13. The van der Waals surface area contributed by atoms with Crippen LogP contribution in [-0.2, 0) is 27.2 Å². The monoisotopic (exact) mass is 614 g/mol.